The Morgan fingerprint density at radius 3 is 2.64 bits per heavy atom. The zero-order valence-electron chi connectivity index (χ0n) is 12.3. The highest BCUT2D eigenvalue weighted by Gasteiger charge is 2.11. The highest BCUT2D eigenvalue weighted by Crippen LogP contribution is 2.31. The number of rotatable bonds is 5. The number of amides is 1. The molecule has 7 heteroatoms. The number of carbonyl (C=O) groups excluding carboxylic acids is 1. The van der Waals surface area contributed by atoms with Crippen LogP contribution < -0.4 is 14.9 Å². The number of hydrogen-bond donors (Lipinski definition) is 1. The average molecular weight is 367 g/mol. The number of hydrogen-bond acceptors (Lipinski definition) is 5. The second-order valence-corrected chi connectivity index (χ2v) is 5.17. The van der Waals surface area contributed by atoms with E-state index in [9.17, 15) is 4.79 Å². The Morgan fingerprint density at radius 2 is 2.05 bits per heavy atom. The van der Waals surface area contributed by atoms with E-state index >= 15 is 0 Å². The quantitative estimate of drug-likeness (QED) is 0.651. The Hall–Kier alpha value is -2.28. The van der Waals surface area contributed by atoms with E-state index in [-0.39, 0.29) is 5.91 Å². The van der Waals surface area contributed by atoms with Crippen molar-refractivity contribution >= 4 is 28.1 Å². The summed E-state index contributed by atoms with van der Waals surface area (Å²) >= 11 is 3.39. The number of carbonyl (C=O) groups is 1. The van der Waals surface area contributed by atoms with Crippen molar-refractivity contribution in [2.24, 2.45) is 5.10 Å². The summed E-state index contributed by atoms with van der Waals surface area (Å²) in [5.41, 5.74) is 3.58. The largest absolute Gasteiger partial charge is 0.496 e. The number of methoxy groups -OCH3 is 2. The first kappa shape index (κ1) is 16.1. The van der Waals surface area contributed by atoms with E-state index in [2.05, 4.69) is 26.5 Å². The van der Waals surface area contributed by atoms with Crippen molar-refractivity contribution in [3.63, 3.8) is 0 Å². The van der Waals surface area contributed by atoms with Crippen LogP contribution in [0.3, 0.4) is 0 Å². The van der Waals surface area contributed by atoms with Gasteiger partial charge in [0.1, 0.15) is 17.3 Å². The molecule has 0 radical (unpaired) electrons. The summed E-state index contributed by atoms with van der Waals surface area (Å²) in [5, 5.41) is 3.94. The number of nitrogens with zero attached hydrogens (tertiary/aromatic N) is 1. The highest BCUT2D eigenvalue weighted by molar-refractivity contribution is 9.10. The highest BCUT2D eigenvalue weighted by atomic mass is 79.9. The number of furan rings is 1. The molecular formula is C15H15BrN2O4. The van der Waals surface area contributed by atoms with Gasteiger partial charge in [0.05, 0.1) is 36.7 Å². The van der Waals surface area contributed by atoms with E-state index < -0.39 is 0 Å². The van der Waals surface area contributed by atoms with Gasteiger partial charge in [-0.15, -0.1) is 0 Å². The Labute approximate surface area is 136 Å². The van der Waals surface area contributed by atoms with Gasteiger partial charge in [0.25, 0.3) is 5.91 Å². The zero-order chi connectivity index (χ0) is 16.1. The van der Waals surface area contributed by atoms with Crippen LogP contribution in [0.15, 0.2) is 38.5 Å². The van der Waals surface area contributed by atoms with E-state index in [4.69, 9.17) is 13.9 Å². The molecule has 116 valence electrons. The monoisotopic (exact) mass is 366 g/mol. The number of nitrogens with one attached hydrogen (secondary N) is 1. The first-order valence-electron chi connectivity index (χ1n) is 6.35. The van der Waals surface area contributed by atoms with Gasteiger partial charge in [-0.2, -0.15) is 5.10 Å². The molecule has 0 aliphatic heterocycles. The standard InChI is InChI=1S/C15H15BrN2O4/c1-9-11(4-5-22-9)15(19)18-17-8-10-6-12(16)14(21-3)7-13(10)20-2/h4-8H,1-3H3,(H,18,19). The molecule has 0 unspecified atom stereocenters. The molecule has 2 aromatic rings. The van der Waals surface area contributed by atoms with Crippen LogP contribution in [0.1, 0.15) is 21.7 Å². The van der Waals surface area contributed by atoms with E-state index in [1.165, 1.54) is 12.5 Å². The third-order valence-electron chi connectivity index (χ3n) is 2.98. The van der Waals surface area contributed by atoms with E-state index in [0.29, 0.717) is 28.4 Å². The van der Waals surface area contributed by atoms with Crippen molar-refractivity contribution in [1.29, 1.82) is 0 Å². The second-order valence-electron chi connectivity index (χ2n) is 4.32. The van der Waals surface area contributed by atoms with Crippen LogP contribution >= 0.6 is 15.9 Å². The lowest BCUT2D eigenvalue weighted by atomic mass is 10.2. The molecular weight excluding hydrogens is 352 g/mol. The van der Waals surface area contributed by atoms with Crippen LogP contribution in [-0.2, 0) is 0 Å². The number of aryl methyl sites for hydroxylation is 1. The first-order chi connectivity index (χ1) is 10.6. The van der Waals surface area contributed by atoms with Crippen LogP contribution in [0.25, 0.3) is 0 Å². The van der Waals surface area contributed by atoms with Crippen molar-refractivity contribution in [2.45, 2.75) is 6.92 Å². The summed E-state index contributed by atoms with van der Waals surface area (Å²) in [6.45, 7) is 1.71. The van der Waals surface area contributed by atoms with Gasteiger partial charge in [0.2, 0.25) is 0 Å². The zero-order valence-corrected chi connectivity index (χ0v) is 13.9. The van der Waals surface area contributed by atoms with Gasteiger partial charge < -0.3 is 13.9 Å². The first-order valence-corrected chi connectivity index (χ1v) is 7.15. The fourth-order valence-electron chi connectivity index (χ4n) is 1.83. The van der Waals surface area contributed by atoms with Gasteiger partial charge in [-0.1, -0.05) is 0 Å². The van der Waals surface area contributed by atoms with Gasteiger partial charge in [-0.05, 0) is 35.0 Å². The molecule has 1 heterocycles. The number of benzene rings is 1. The Balaban J connectivity index is 2.15. The van der Waals surface area contributed by atoms with Crippen LogP contribution in [0.2, 0.25) is 0 Å². The molecule has 22 heavy (non-hydrogen) atoms. The molecule has 6 nitrogen and oxygen atoms in total. The molecule has 2 rings (SSSR count). The fraction of sp³-hybridized carbons (Fsp3) is 0.200. The van der Waals surface area contributed by atoms with E-state index in [0.717, 1.165) is 4.47 Å². The topological polar surface area (TPSA) is 73.1 Å². The third-order valence-corrected chi connectivity index (χ3v) is 3.60. The molecule has 0 spiro atoms. The summed E-state index contributed by atoms with van der Waals surface area (Å²) < 4.78 is 16.3. The van der Waals surface area contributed by atoms with Crippen LogP contribution in [0, 0.1) is 6.92 Å². The van der Waals surface area contributed by atoms with Crippen molar-refractivity contribution in [3.05, 3.63) is 45.8 Å². The van der Waals surface area contributed by atoms with E-state index in [1.807, 2.05) is 0 Å². The summed E-state index contributed by atoms with van der Waals surface area (Å²) in [5.74, 6) is 1.43. The normalized spacial score (nSPS) is 10.7. The lowest BCUT2D eigenvalue weighted by molar-refractivity contribution is 0.0953. The number of halogens is 1. The van der Waals surface area contributed by atoms with Crippen LogP contribution in [0.5, 0.6) is 11.5 Å². The van der Waals surface area contributed by atoms with Crippen molar-refractivity contribution in [2.75, 3.05) is 14.2 Å². The third kappa shape index (κ3) is 3.48. The molecule has 0 aliphatic rings. The van der Waals surface area contributed by atoms with Gasteiger partial charge in [-0.25, -0.2) is 5.43 Å². The number of ether oxygens (including phenoxy) is 2. The maximum Gasteiger partial charge on any atom is 0.274 e. The molecule has 0 saturated heterocycles. The molecule has 0 bridgehead atoms. The van der Waals surface area contributed by atoms with Crippen molar-refractivity contribution in [3.8, 4) is 11.5 Å². The predicted molar refractivity (Wildman–Crippen MR) is 85.8 cm³/mol. The van der Waals surface area contributed by atoms with Gasteiger partial charge in [0, 0.05) is 11.6 Å². The van der Waals surface area contributed by atoms with Crippen molar-refractivity contribution < 1.29 is 18.7 Å². The molecule has 0 saturated carbocycles. The summed E-state index contributed by atoms with van der Waals surface area (Å²) in [4.78, 5) is 11.9. The molecule has 0 atom stereocenters. The lowest BCUT2D eigenvalue weighted by Crippen LogP contribution is -2.17. The molecule has 1 N–H and O–H groups in total. The fourth-order valence-corrected chi connectivity index (χ4v) is 2.35. The molecule has 1 aromatic carbocycles. The van der Waals surface area contributed by atoms with Gasteiger partial charge >= 0.3 is 0 Å². The molecule has 1 amide bonds. The summed E-state index contributed by atoms with van der Waals surface area (Å²) in [6.07, 6.45) is 2.95. The van der Waals surface area contributed by atoms with Crippen LogP contribution in [0.4, 0.5) is 0 Å². The minimum Gasteiger partial charge on any atom is -0.496 e. The van der Waals surface area contributed by atoms with Gasteiger partial charge in [0.15, 0.2) is 0 Å². The maximum absolute atomic E-state index is 11.9. The van der Waals surface area contributed by atoms with Crippen molar-refractivity contribution in [1.82, 2.24) is 5.43 Å². The molecule has 1 aromatic heterocycles. The van der Waals surface area contributed by atoms with Crippen LogP contribution in [-0.4, -0.2) is 26.3 Å². The van der Waals surface area contributed by atoms with E-state index in [1.54, 1.807) is 39.3 Å². The SMILES string of the molecule is COc1cc(OC)c(C=NNC(=O)c2ccoc2C)cc1Br. The molecule has 0 aliphatic carbocycles. The smallest absolute Gasteiger partial charge is 0.274 e. The Kier molecular flexibility index (Phi) is 5.21. The summed E-state index contributed by atoms with van der Waals surface area (Å²) in [7, 11) is 3.12. The lowest BCUT2D eigenvalue weighted by Gasteiger charge is -2.09. The van der Waals surface area contributed by atoms with Gasteiger partial charge in [-0.3, -0.25) is 4.79 Å². The second kappa shape index (κ2) is 7.13. The Morgan fingerprint density at radius 1 is 1.32 bits per heavy atom. The average Bonchev–Trinajstić information content (AvgIpc) is 2.93. The minimum atomic E-state index is -0.339. The summed E-state index contributed by atoms with van der Waals surface area (Å²) in [6, 6.07) is 5.11. The maximum atomic E-state index is 11.9. The number of hydrazone groups is 1. The molecule has 0 fully saturated rings. The minimum absolute atomic E-state index is 0.339. The predicted octanol–water partition coefficient (Wildman–Crippen LogP) is 3.13. The Bertz CT molecular complexity index is 710.